The predicted octanol–water partition coefficient (Wildman–Crippen LogP) is 4.80. The third-order valence-electron chi connectivity index (χ3n) is 5.02. The van der Waals surface area contributed by atoms with Crippen LogP contribution < -0.4 is 10.1 Å². The molecule has 0 aromatic heterocycles. The van der Waals surface area contributed by atoms with Crippen LogP contribution in [0.25, 0.3) is 0 Å². The van der Waals surface area contributed by atoms with Crippen molar-refractivity contribution in [2.24, 2.45) is 11.8 Å². The van der Waals surface area contributed by atoms with E-state index in [9.17, 15) is 0 Å². The number of halogens is 1. The minimum absolute atomic E-state index is 0.358. The highest BCUT2D eigenvalue weighted by Gasteiger charge is 2.26. The molecule has 3 unspecified atom stereocenters. The molecule has 2 aliphatic carbocycles. The fourth-order valence-electron chi connectivity index (χ4n) is 3.13. The molecule has 2 fully saturated rings. The lowest BCUT2D eigenvalue weighted by Gasteiger charge is -2.32. The summed E-state index contributed by atoms with van der Waals surface area (Å²) in [6.45, 7) is 5.56. The predicted molar refractivity (Wildman–Crippen MR) is 87.9 cm³/mol. The summed E-state index contributed by atoms with van der Waals surface area (Å²) in [5.74, 6) is 2.59. The van der Waals surface area contributed by atoms with Crippen LogP contribution in [0.5, 0.6) is 5.75 Å². The van der Waals surface area contributed by atoms with E-state index < -0.39 is 0 Å². The van der Waals surface area contributed by atoms with Gasteiger partial charge in [0, 0.05) is 23.2 Å². The Morgan fingerprint density at radius 1 is 1.14 bits per heavy atom. The van der Waals surface area contributed by atoms with Gasteiger partial charge in [0.2, 0.25) is 0 Å². The van der Waals surface area contributed by atoms with Crippen molar-refractivity contribution in [3.8, 4) is 5.75 Å². The smallest absolute Gasteiger partial charge is 0.124 e. The first-order valence-electron chi connectivity index (χ1n) is 8.30. The molecule has 1 N–H and O–H groups in total. The molecule has 21 heavy (non-hydrogen) atoms. The second-order valence-corrected chi connectivity index (χ2v) is 7.35. The third-order valence-corrected chi connectivity index (χ3v) is 5.26. The van der Waals surface area contributed by atoms with Gasteiger partial charge in [-0.15, -0.1) is 0 Å². The van der Waals surface area contributed by atoms with Gasteiger partial charge in [0.1, 0.15) is 5.75 Å². The summed E-state index contributed by atoms with van der Waals surface area (Å²) in [5, 5.41) is 4.35. The summed E-state index contributed by atoms with van der Waals surface area (Å²) in [6.07, 6.45) is 6.57. The van der Waals surface area contributed by atoms with E-state index >= 15 is 0 Å². The second kappa shape index (κ2) is 6.58. The molecular weight excluding hydrogens is 282 g/mol. The zero-order chi connectivity index (χ0) is 14.8. The highest BCUT2D eigenvalue weighted by Crippen LogP contribution is 2.33. The van der Waals surface area contributed by atoms with Crippen molar-refractivity contribution in [3.63, 3.8) is 0 Å². The molecule has 1 aromatic carbocycles. The first kappa shape index (κ1) is 15.2. The molecule has 2 saturated carbocycles. The van der Waals surface area contributed by atoms with Gasteiger partial charge in [-0.1, -0.05) is 25.4 Å². The molecule has 0 saturated heterocycles. The Labute approximate surface area is 133 Å². The van der Waals surface area contributed by atoms with Crippen molar-refractivity contribution < 1.29 is 4.74 Å². The molecule has 116 valence electrons. The van der Waals surface area contributed by atoms with Crippen molar-refractivity contribution in [3.05, 3.63) is 28.8 Å². The van der Waals surface area contributed by atoms with Gasteiger partial charge in [0.05, 0.1) is 6.10 Å². The van der Waals surface area contributed by atoms with Gasteiger partial charge in [-0.3, -0.25) is 0 Å². The van der Waals surface area contributed by atoms with E-state index in [0.717, 1.165) is 29.2 Å². The number of ether oxygens (including phenoxy) is 1. The number of nitrogens with one attached hydrogen (secondary N) is 1. The molecule has 0 heterocycles. The summed E-state index contributed by atoms with van der Waals surface area (Å²) in [6, 6.07) is 6.72. The first-order chi connectivity index (χ1) is 10.1. The molecule has 2 nitrogen and oxygen atoms in total. The Bertz CT molecular complexity index is 486. The van der Waals surface area contributed by atoms with Crippen molar-refractivity contribution in [2.75, 3.05) is 0 Å². The van der Waals surface area contributed by atoms with E-state index in [2.05, 4.69) is 19.2 Å². The Balaban J connectivity index is 1.65. The van der Waals surface area contributed by atoms with Gasteiger partial charge in [0.15, 0.2) is 0 Å². The van der Waals surface area contributed by atoms with Crippen LogP contribution in [-0.4, -0.2) is 12.1 Å². The van der Waals surface area contributed by atoms with E-state index in [1.807, 2.05) is 18.2 Å². The minimum Gasteiger partial charge on any atom is -0.490 e. The van der Waals surface area contributed by atoms with Gasteiger partial charge in [-0.2, -0.15) is 0 Å². The zero-order valence-corrected chi connectivity index (χ0v) is 13.8. The lowest BCUT2D eigenvalue weighted by Crippen LogP contribution is -2.29. The summed E-state index contributed by atoms with van der Waals surface area (Å²) in [7, 11) is 0. The molecule has 0 radical (unpaired) electrons. The molecule has 2 aliphatic rings. The number of rotatable bonds is 5. The number of benzene rings is 1. The quantitative estimate of drug-likeness (QED) is 0.844. The van der Waals surface area contributed by atoms with Crippen LogP contribution in [-0.2, 0) is 6.54 Å². The minimum atomic E-state index is 0.358. The van der Waals surface area contributed by atoms with Crippen LogP contribution in [0.4, 0.5) is 0 Å². The Morgan fingerprint density at radius 3 is 2.67 bits per heavy atom. The van der Waals surface area contributed by atoms with Crippen LogP contribution in [0.1, 0.15) is 51.5 Å². The van der Waals surface area contributed by atoms with E-state index in [1.54, 1.807) is 0 Å². The maximum atomic E-state index is 6.31. The Hall–Kier alpha value is -0.730. The van der Waals surface area contributed by atoms with Gasteiger partial charge in [-0.25, -0.2) is 0 Å². The molecule has 0 aliphatic heterocycles. The van der Waals surface area contributed by atoms with Gasteiger partial charge in [-0.05, 0) is 62.1 Å². The topological polar surface area (TPSA) is 21.3 Å². The van der Waals surface area contributed by atoms with Crippen LogP contribution in [0.3, 0.4) is 0 Å². The van der Waals surface area contributed by atoms with Crippen molar-refractivity contribution in [2.45, 2.75) is 64.6 Å². The van der Waals surface area contributed by atoms with Crippen LogP contribution >= 0.6 is 11.6 Å². The van der Waals surface area contributed by atoms with Crippen LogP contribution in [0.15, 0.2) is 18.2 Å². The van der Waals surface area contributed by atoms with Crippen LogP contribution in [0, 0.1) is 11.8 Å². The fraction of sp³-hybridized carbons (Fsp3) is 0.667. The average molecular weight is 308 g/mol. The lowest BCUT2D eigenvalue weighted by atomic mass is 9.80. The van der Waals surface area contributed by atoms with Gasteiger partial charge in [0.25, 0.3) is 0 Å². The Morgan fingerprint density at radius 2 is 1.95 bits per heavy atom. The number of hydrogen-bond acceptors (Lipinski definition) is 2. The summed E-state index contributed by atoms with van der Waals surface area (Å²) >= 11 is 6.15. The second-order valence-electron chi connectivity index (χ2n) is 6.91. The molecular formula is C18H26ClNO. The van der Waals surface area contributed by atoms with Gasteiger partial charge < -0.3 is 10.1 Å². The molecule has 3 heteroatoms. The molecule has 1 aromatic rings. The van der Waals surface area contributed by atoms with Crippen molar-refractivity contribution in [1.29, 1.82) is 0 Å². The fourth-order valence-corrected chi connectivity index (χ4v) is 3.32. The average Bonchev–Trinajstić information content (AvgIpc) is 3.27. The van der Waals surface area contributed by atoms with E-state index in [4.69, 9.17) is 16.3 Å². The molecule has 0 amide bonds. The molecule has 0 spiro atoms. The van der Waals surface area contributed by atoms with Crippen molar-refractivity contribution in [1.82, 2.24) is 5.32 Å². The maximum absolute atomic E-state index is 6.31. The standard InChI is InChI=1S/C18H26ClNO/c1-12-3-7-17(9-13(12)2)21-18-8-4-15(19)10-14(18)11-20-16-5-6-16/h4,8,10,12-13,16-17,20H,3,5-7,9,11H2,1-2H3. The van der Waals surface area contributed by atoms with E-state index in [-0.39, 0.29) is 0 Å². The molecule has 3 atom stereocenters. The highest BCUT2D eigenvalue weighted by atomic mass is 35.5. The first-order valence-corrected chi connectivity index (χ1v) is 8.68. The maximum Gasteiger partial charge on any atom is 0.124 e. The molecule has 0 bridgehead atoms. The third kappa shape index (κ3) is 4.14. The summed E-state index contributed by atoms with van der Waals surface area (Å²) in [5.41, 5.74) is 1.20. The summed E-state index contributed by atoms with van der Waals surface area (Å²) in [4.78, 5) is 0. The van der Waals surface area contributed by atoms with E-state index in [1.165, 1.54) is 37.7 Å². The molecule has 3 rings (SSSR count). The lowest BCUT2D eigenvalue weighted by molar-refractivity contribution is 0.0996. The largest absolute Gasteiger partial charge is 0.490 e. The SMILES string of the molecule is CC1CCC(Oc2ccc(Cl)cc2CNC2CC2)CC1C. The Kier molecular flexibility index (Phi) is 4.75. The summed E-state index contributed by atoms with van der Waals surface area (Å²) < 4.78 is 6.31. The zero-order valence-electron chi connectivity index (χ0n) is 13.1. The van der Waals surface area contributed by atoms with E-state index in [0.29, 0.717) is 12.1 Å². The normalized spacial score (nSPS) is 29.4. The van der Waals surface area contributed by atoms with Crippen LogP contribution in [0.2, 0.25) is 5.02 Å². The monoisotopic (exact) mass is 307 g/mol. The van der Waals surface area contributed by atoms with Crippen molar-refractivity contribution >= 4 is 11.6 Å². The number of hydrogen-bond donors (Lipinski definition) is 1. The van der Waals surface area contributed by atoms with Gasteiger partial charge >= 0.3 is 0 Å². The highest BCUT2D eigenvalue weighted by molar-refractivity contribution is 6.30.